The Balaban J connectivity index is 0.000000980. The standard InChI is InChI=1S/C11H17NO.Y/c1-2-12-10(13)6-9-11(12)7-4-3-5-8-11;/h7H,1-6,8-9H2;/q-2;/t11-;/m0./s1. The van der Waals surface area contributed by atoms with Gasteiger partial charge < -0.3 is 18.2 Å². The molecule has 1 saturated heterocycles. The summed E-state index contributed by atoms with van der Waals surface area (Å²) in [5, 5.41) is 0. The second kappa shape index (κ2) is 5.07. The van der Waals surface area contributed by atoms with Gasteiger partial charge in [-0.05, 0) is 6.42 Å². The summed E-state index contributed by atoms with van der Waals surface area (Å²) in [5.74, 6) is 0.299. The van der Waals surface area contributed by atoms with E-state index in [4.69, 9.17) is 0 Å². The zero-order valence-corrected chi connectivity index (χ0v) is 11.5. The van der Waals surface area contributed by atoms with E-state index < -0.39 is 0 Å². The van der Waals surface area contributed by atoms with Crippen molar-refractivity contribution >= 4 is 5.91 Å². The van der Waals surface area contributed by atoms with Gasteiger partial charge in [0.25, 0.3) is 0 Å². The van der Waals surface area contributed by atoms with Crippen LogP contribution in [0.15, 0.2) is 0 Å². The van der Waals surface area contributed by atoms with Crippen molar-refractivity contribution in [3.05, 3.63) is 13.3 Å². The number of amides is 1. The fraction of sp³-hybridized carbons (Fsp3) is 0.727. The third kappa shape index (κ3) is 2.06. The molecule has 14 heavy (non-hydrogen) atoms. The van der Waals surface area contributed by atoms with Gasteiger partial charge in [-0.2, -0.15) is 6.42 Å². The van der Waals surface area contributed by atoms with Crippen molar-refractivity contribution in [3.8, 4) is 0 Å². The van der Waals surface area contributed by atoms with E-state index in [2.05, 4.69) is 13.3 Å². The maximum atomic E-state index is 11.5. The maximum Gasteiger partial charge on any atom is 0.218 e. The third-order valence-corrected chi connectivity index (χ3v) is 3.42. The van der Waals surface area contributed by atoms with Crippen molar-refractivity contribution in [1.82, 2.24) is 4.90 Å². The molecular weight excluding hydrogens is 251 g/mol. The van der Waals surface area contributed by atoms with Gasteiger partial charge in [0.15, 0.2) is 0 Å². The Morgan fingerprint density at radius 2 is 2.21 bits per heavy atom. The number of likely N-dealkylation sites (tertiary alicyclic amines) is 1. The molecule has 1 atom stereocenters. The Kier molecular flexibility index (Phi) is 4.58. The first kappa shape index (κ1) is 12.6. The molecule has 1 saturated carbocycles. The molecule has 0 unspecified atom stereocenters. The summed E-state index contributed by atoms with van der Waals surface area (Å²) < 4.78 is 0. The van der Waals surface area contributed by atoms with E-state index >= 15 is 0 Å². The molecule has 2 nitrogen and oxygen atoms in total. The molecular formula is C11H17NOY-2. The molecule has 1 radical (unpaired) electrons. The van der Waals surface area contributed by atoms with E-state index in [1.54, 1.807) is 0 Å². The predicted octanol–water partition coefficient (Wildman–Crippen LogP) is 1.96. The summed E-state index contributed by atoms with van der Waals surface area (Å²) in [4.78, 5) is 13.5. The summed E-state index contributed by atoms with van der Waals surface area (Å²) >= 11 is 0. The Hall–Kier alpha value is 0.574. The molecule has 2 aliphatic rings. The van der Waals surface area contributed by atoms with Crippen molar-refractivity contribution in [2.24, 2.45) is 0 Å². The smallest absolute Gasteiger partial charge is 0.218 e. The predicted molar refractivity (Wildman–Crippen MR) is 51.8 cm³/mol. The molecule has 1 heterocycles. The van der Waals surface area contributed by atoms with Crippen LogP contribution in [0.3, 0.4) is 0 Å². The van der Waals surface area contributed by atoms with Crippen LogP contribution in [0.4, 0.5) is 0 Å². The number of hydrogen-bond acceptors (Lipinski definition) is 1. The molecule has 0 aromatic heterocycles. The van der Waals surface area contributed by atoms with Crippen LogP contribution in [0.25, 0.3) is 0 Å². The minimum atomic E-state index is 0. The molecule has 3 heteroatoms. The van der Waals surface area contributed by atoms with Gasteiger partial charge in [0, 0.05) is 39.1 Å². The number of carbonyl (C=O) groups is 1. The molecule has 0 aromatic carbocycles. The van der Waals surface area contributed by atoms with Crippen molar-refractivity contribution < 1.29 is 37.5 Å². The summed E-state index contributed by atoms with van der Waals surface area (Å²) in [7, 11) is 0. The average Bonchev–Trinajstić information content (AvgIpc) is 2.45. The monoisotopic (exact) mass is 268 g/mol. The summed E-state index contributed by atoms with van der Waals surface area (Å²) in [6, 6.07) is 0. The van der Waals surface area contributed by atoms with E-state index in [1.165, 1.54) is 19.3 Å². The van der Waals surface area contributed by atoms with Crippen LogP contribution in [-0.2, 0) is 37.5 Å². The van der Waals surface area contributed by atoms with Crippen LogP contribution in [0.2, 0.25) is 0 Å². The quantitative estimate of drug-likeness (QED) is 0.666. The topological polar surface area (TPSA) is 20.3 Å². The largest absolute Gasteiger partial charge is 0.396 e. The molecule has 77 valence electrons. The molecule has 0 bridgehead atoms. The van der Waals surface area contributed by atoms with Crippen LogP contribution in [0.5, 0.6) is 0 Å². The first-order valence-electron chi connectivity index (χ1n) is 5.23. The molecule has 0 aromatic rings. The molecule has 2 fully saturated rings. The van der Waals surface area contributed by atoms with Gasteiger partial charge in [-0.1, -0.05) is 24.8 Å². The van der Waals surface area contributed by atoms with E-state index in [1.807, 2.05) is 4.90 Å². The second-order valence-electron chi connectivity index (χ2n) is 4.10. The Labute approximate surface area is 112 Å². The molecule has 1 aliphatic carbocycles. The molecule has 2 rings (SSSR count). The second-order valence-corrected chi connectivity index (χ2v) is 4.10. The van der Waals surface area contributed by atoms with E-state index in [9.17, 15) is 4.79 Å². The SMILES string of the molecule is [CH2-]CN1C(=O)CC[C@@]12[CH-]CCCC2.[Y]. The maximum absolute atomic E-state index is 11.5. The number of nitrogens with zero attached hydrogens (tertiary/aromatic N) is 1. The van der Waals surface area contributed by atoms with Gasteiger partial charge in [0.05, 0.1) is 0 Å². The van der Waals surface area contributed by atoms with Crippen LogP contribution < -0.4 is 0 Å². The minimum absolute atomic E-state index is 0. The van der Waals surface area contributed by atoms with Crippen LogP contribution in [-0.4, -0.2) is 22.9 Å². The Bertz CT molecular complexity index is 211. The van der Waals surface area contributed by atoms with Crippen LogP contribution >= 0.6 is 0 Å². The van der Waals surface area contributed by atoms with Gasteiger partial charge in [-0.25, -0.2) is 0 Å². The number of hydrogen-bond donors (Lipinski definition) is 0. The fourth-order valence-electron chi connectivity index (χ4n) is 2.71. The fourth-order valence-corrected chi connectivity index (χ4v) is 2.71. The van der Waals surface area contributed by atoms with Gasteiger partial charge >= 0.3 is 0 Å². The van der Waals surface area contributed by atoms with Crippen molar-refractivity contribution in [2.45, 2.75) is 44.1 Å². The Morgan fingerprint density at radius 3 is 2.79 bits per heavy atom. The summed E-state index contributed by atoms with van der Waals surface area (Å²) in [6.07, 6.45) is 9.00. The van der Waals surface area contributed by atoms with Crippen molar-refractivity contribution in [2.75, 3.05) is 6.54 Å². The summed E-state index contributed by atoms with van der Waals surface area (Å²) in [6.45, 7) is 4.49. The van der Waals surface area contributed by atoms with Crippen molar-refractivity contribution in [1.29, 1.82) is 0 Å². The first-order valence-corrected chi connectivity index (χ1v) is 5.23. The van der Waals surface area contributed by atoms with Gasteiger partial charge in [0.1, 0.15) is 0 Å². The Morgan fingerprint density at radius 1 is 1.43 bits per heavy atom. The first-order chi connectivity index (χ1) is 6.28. The molecule has 1 amide bonds. The zero-order chi connectivity index (χ0) is 9.31. The van der Waals surface area contributed by atoms with Gasteiger partial charge in [0.2, 0.25) is 5.91 Å². The van der Waals surface area contributed by atoms with Crippen LogP contribution in [0.1, 0.15) is 38.5 Å². The summed E-state index contributed by atoms with van der Waals surface area (Å²) in [5.41, 5.74) is 0.108. The van der Waals surface area contributed by atoms with Crippen molar-refractivity contribution in [3.63, 3.8) is 0 Å². The van der Waals surface area contributed by atoms with Gasteiger partial charge in [-0.15, -0.1) is 6.54 Å². The number of carbonyl (C=O) groups excluding carboxylic acids is 1. The number of rotatable bonds is 1. The van der Waals surface area contributed by atoms with Crippen LogP contribution in [0, 0.1) is 13.3 Å². The normalized spacial score (nSPS) is 32.1. The van der Waals surface area contributed by atoms with E-state index in [0.717, 1.165) is 19.3 Å². The zero-order valence-electron chi connectivity index (χ0n) is 8.67. The van der Waals surface area contributed by atoms with Gasteiger partial charge in [-0.3, -0.25) is 4.79 Å². The minimum Gasteiger partial charge on any atom is -0.396 e. The molecule has 1 aliphatic heterocycles. The molecule has 0 N–H and O–H groups in total. The average molecular weight is 268 g/mol. The van der Waals surface area contributed by atoms with E-state index in [-0.39, 0.29) is 38.2 Å². The van der Waals surface area contributed by atoms with E-state index in [0.29, 0.717) is 12.5 Å². The molecule has 1 spiro atoms. The third-order valence-electron chi connectivity index (χ3n) is 3.42.